The third kappa shape index (κ3) is 4.08. The molecule has 0 aromatic carbocycles. The Labute approximate surface area is 190 Å². The molecule has 0 N–H and O–H groups in total. The van der Waals surface area contributed by atoms with E-state index in [0.717, 1.165) is 41.9 Å². The fraction of sp³-hybridized carbons (Fsp3) is 0.893. The number of carbonyl (C=O) groups excluding carboxylic acids is 1. The van der Waals surface area contributed by atoms with E-state index in [1.54, 1.807) is 12.7 Å². The van der Waals surface area contributed by atoms with E-state index in [2.05, 4.69) is 20.8 Å². The molecule has 4 rings (SSSR count). The van der Waals surface area contributed by atoms with Gasteiger partial charge in [-0.25, -0.2) is 0 Å². The van der Waals surface area contributed by atoms with Crippen molar-refractivity contribution < 1.29 is 14.3 Å². The molecule has 0 aromatic heterocycles. The average molecular weight is 431 g/mol. The normalized spacial score (nSPS) is 44.2. The molecule has 4 aliphatic carbocycles. The molecular formula is C28H46O3. The maximum Gasteiger partial charge on any atom is 0.305 e. The number of hydrogen-bond donors (Lipinski definition) is 0. The molecule has 0 spiro atoms. The van der Waals surface area contributed by atoms with Gasteiger partial charge in [0.15, 0.2) is 0 Å². The molecule has 1 unspecified atom stereocenters. The lowest BCUT2D eigenvalue weighted by Crippen LogP contribution is -2.53. The highest BCUT2D eigenvalue weighted by Crippen LogP contribution is 2.68. The number of fused-ring (bicyclic) bond motifs is 5. The largest absolute Gasteiger partial charge is 0.504 e. The SMILES string of the molecule is CO/C=C1\CC[C@@]2(C)[C@@H](CC[C@@H]3[C@@H]2CC[C@]2(C)[C@@H](C(C)CCCC(=O)OC)CC[C@@H]32)C1. The van der Waals surface area contributed by atoms with E-state index in [-0.39, 0.29) is 5.97 Å². The first-order chi connectivity index (χ1) is 14.8. The topological polar surface area (TPSA) is 35.5 Å². The molecule has 0 bridgehead atoms. The van der Waals surface area contributed by atoms with Crippen LogP contribution in [0.3, 0.4) is 0 Å². The second-order valence-corrected chi connectivity index (χ2v) is 12.0. The van der Waals surface area contributed by atoms with Gasteiger partial charge in [-0.05, 0) is 123 Å². The first-order valence-electron chi connectivity index (χ1n) is 13.1. The second-order valence-electron chi connectivity index (χ2n) is 12.0. The Morgan fingerprint density at radius 2 is 1.84 bits per heavy atom. The van der Waals surface area contributed by atoms with Crippen molar-refractivity contribution in [1.29, 1.82) is 0 Å². The van der Waals surface area contributed by atoms with E-state index in [0.29, 0.717) is 17.3 Å². The maximum atomic E-state index is 11.5. The van der Waals surface area contributed by atoms with Crippen LogP contribution in [0.2, 0.25) is 0 Å². The molecule has 3 nitrogen and oxygen atoms in total. The summed E-state index contributed by atoms with van der Waals surface area (Å²) < 4.78 is 10.2. The standard InChI is InChI=1S/C28H46O3/c1-19(7-6-8-26(29)31-5)23-11-12-24-22-10-9-21-17-20(18-30-4)13-15-27(21,2)25(22)14-16-28(23,24)3/h18-19,21-25H,6-17H2,1-5H3/b20-18+/t19?,21-,22-,23+,24-,25-,27-,28+/m0/s1. The average Bonchev–Trinajstić information content (AvgIpc) is 3.11. The van der Waals surface area contributed by atoms with E-state index < -0.39 is 0 Å². The summed E-state index contributed by atoms with van der Waals surface area (Å²) in [5.74, 6) is 5.17. The van der Waals surface area contributed by atoms with Crippen molar-refractivity contribution >= 4 is 5.97 Å². The Bertz CT molecular complexity index is 684. The van der Waals surface area contributed by atoms with Crippen LogP contribution >= 0.6 is 0 Å². The second kappa shape index (κ2) is 9.10. The highest BCUT2D eigenvalue weighted by Gasteiger charge is 2.60. The summed E-state index contributed by atoms with van der Waals surface area (Å²) in [6, 6.07) is 0. The predicted octanol–water partition coefficient (Wildman–Crippen LogP) is 7.16. The van der Waals surface area contributed by atoms with Gasteiger partial charge < -0.3 is 9.47 Å². The van der Waals surface area contributed by atoms with Crippen LogP contribution in [0.5, 0.6) is 0 Å². The van der Waals surface area contributed by atoms with Crippen molar-refractivity contribution in [3.05, 3.63) is 11.8 Å². The number of hydrogen-bond acceptors (Lipinski definition) is 3. The van der Waals surface area contributed by atoms with Gasteiger partial charge in [-0.15, -0.1) is 0 Å². The van der Waals surface area contributed by atoms with Gasteiger partial charge in [-0.1, -0.05) is 20.8 Å². The van der Waals surface area contributed by atoms with Gasteiger partial charge in [0.25, 0.3) is 0 Å². The molecule has 4 saturated carbocycles. The van der Waals surface area contributed by atoms with E-state index in [1.807, 2.05) is 6.26 Å². The molecule has 4 fully saturated rings. The van der Waals surface area contributed by atoms with Crippen LogP contribution in [-0.2, 0) is 14.3 Å². The van der Waals surface area contributed by atoms with Gasteiger partial charge in [-0.3, -0.25) is 4.79 Å². The smallest absolute Gasteiger partial charge is 0.305 e. The molecule has 0 heterocycles. The van der Waals surface area contributed by atoms with Crippen molar-refractivity contribution in [1.82, 2.24) is 0 Å². The predicted molar refractivity (Wildman–Crippen MR) is 125 cm³/mol. The summed E-state index contributed by atoms with van der Waals surface area (Å²) in [6.45, 7) is 7.77. The van der Waals surface area contributed by atoms with E-state index >= 15 is 0 Å². The lowest BCUT2D eigenvalue weighted by molar-refractivity contribution is -0.140. The fourth-order valence-electron chi connectivity index (χ4n) is 9.23. The lowest BCUT2D eigenvalue weighted by Gasteiger charge is -2.61. The van der Waals surface area contributed by atoms with Gasteiger partial charge in [0.05, 0.1) is 20.5 Å². The number of allylic oxidation sites excluding steroid dienone is 1. The molecule has 0 aromatic rings. The molecule has 4 aliphatic rings. The Morgan fingerprint density at radius 3 is 2.58 bits per heavy atom. The quantitative estimate of drug-likeness (QED) is 0.331. The minimum atomic E-state index is -0.0517. The summed E-state index contributed by atoms with van der Waals surface area (Å²) in [5, 5.41) is 0. The van der Waals surface area contributed by atoms with Crippen LogP contribution in [-0.4, -0.2) is 20.2 Å². The van der Waals surface area contributed by atoms with Crippen LogP contribution in [0.25, 0.3) is 0 Å². The maximum absolute atomic E-state index is 11.5. The molecule has 0 aliphatic heterocycles. The minimum absolute atomic E-state index is 0.0517. The van der Waals surface area contributed by atoms with Gasteiger partial charge in [-0.2, -0.15) is 0 Å². The van der Waals surface area contributed by atoms with Crippen molar-refractivity contribution in [3.8, 4) is 0 Å². The van der Waals surface area contributed by atoms with Gasteiger partial charge in [0.1, 0.15) is 0 Å². The van der Waals surface area contributed by atoms with Crippen molar-refractivity contribution in [2.75, 3.05) is 14.2 Å². The van der Waals surface area contributed by atoms with Crippen molar-refractivity contribution in [2.24, 2.45) is 46.3 Å². The first kappa shape index (κ1) is 23.2. The van der Waals surface area contributed by atoms with Crippen LogP contribution in [0.1, 0.15) is 97.8 Å². The van der Waals surface area contributed by atoms with Crippen LogP contribution in [0, 0.1) is 46.3 Å². The fourth-order valence-corrected chi connectivity index (χ4v) is 9.23. The van der Waals surface area contributed by atoms with Crippen LogP contribution in [0.15, 0.2) is 11.8 Å². The Kier molecular flexibility index (Phi) is 6.80. The van der Waals surface area contributed by atoms with E-state index in [9.17, 15) is 4.79 Å². The van der Waals surface area contributed by atoms with Crippen molar-refractivity contribution in [2.45, 2.75) is 97.8 Å². The van der Waals surface area contributed by atoms with Crippen LogP contribution < -0.4 is 0 Å². The molecule has 0 radical (unpaired) electrons. The number of esters is 1. The van der Waals surface area contributed by atoms with Gasteiger partial charge >= 0.3 is 5.97 Å². The summed E-state index contributed by atoms with van der Waals surface area (Å²) in [5.41, 5.74) is 2.61. The number of rotatable bonds is 6. The summed E-state index contributed by atoms with van der Waals surface area (Å²) in [6.07, 6.45) is 17.2. The zero-order valence-electron chi connectivity index (χ0n) is 20.8. The minimum Gasteiger partial charge on any atom is -0.504 e. The molecule has 3 heteroatoms. The highest BCUT2D eigenvalue weighted by atomic mass is 16.5. The van der Waals surface area contributed by atoms with Gasteiger partial charge in [0, 0.05) is 6.42 Å². The zero-order chi connectivity index (χ0) is 22.2. The molecule has 31 heavy (non-hydrogen) atoms. The van der Waals surface area contributed by atoms with E-state index in [4.69, 9.17) is 9.47 Å². The summed E-state index contributed by atoms with van der Waals surface area (Å²) >= 11 is 0. The lowest BCUT2D eigenvalue weighted by atomic mass is 9.44. The number of carbonyl (C=O) groups is 1. The van der Waals surface area contributed by atoms with Crippen LogP contribution in [0.4, 0.5) is 0 Å². The molecule has 0 amide bonds. The number of methoxy groups -OCH3 is 2. The first-order valence-corrected chi connectivity index (χ1v) is 13.1. The third-order valence-electron chi connectivity index (χ3n) is 10.9. The Morgan fingerprint density at radius 1 is 1.06 bits per heavy atom. The Balaban J connectivity index is 1.43. The molecule has 8 atom stereocenters. The monoisotopic (exact) mass is 430 g/mol. The molecular weight excluding hydrogens is 384 g/mol. The van der Waals surface area contributed by atoms with Crippen molar-refractivity contribution in [3.63, 3.8) is 0 Å². The van der Waals surface area contributed by atoms with Gasteiger partial charge in [0.2, 0.25) is 0 Å². The van der Waals surface area contributed by atoms with E-state index in [1.165, 1.54) is 71.3 Å². The zero-order valence-corrected chi connectivity index (χ0v) is 20.8. The molecule has 0 saturated heterocycles. The third-order valence-corrected chi connectivity index (χ3v) is 10.9. The summed E-state index contributed by atoms with van der Waals surface area (Å²) in [4.78, 5) is 11.5. The highest BCUT2D eigenvalue weighted by molar-refractivity contribution is 5.68. The Hall–Kier alpha value is -0.990. The molecule has 176 valence electrons. The number of ether oxygens (including phenoxy) is 2. The summed E-state index contributed by atoms with van der Waals surface area (Å²) in [7, 11) is 3.30.